The number of carbonyl (C=O) groups excluding carboxylic acids is 2. The number of thiazole rings is 1. The standard InChI is InChI=1S/C18H19N3O3S/c1-5-24-18(23)15-9(2)16(19-10(15)3)17(22)21-12-6-7-13-14(8-12)25-11(4)20-13/h6-8,19H,5H2,1-4H3,(H,21,22). The first-order valence-corrected chi connectivity index (χ1v) is 8.77. The van der Waals surface area contributed by atoms with Crippen LogP contribution in [0, 0.1) is 20.8 Å². The zero-order chi connectivity index (χ0) is 18.1. The van der Waals surface area contributed by atoms with Crippen LogP contribution in [0.3, 0.4) is 0 Å². The van der Waals surface area contributed by atoms with Gasteiger partial charge in [-0.2, -0.15) is 0 Å². The molecule has 25 heavy (non-hydrogen) atoms. The van der Waals surface area contributed by atoms with Gasteiger partial charge in [-0.1, -0.05) is 0 Å². The Bertz CT molecular complexity index is 972. The second-order valence-electron chi connectivity index (χ2n) is 5.71. The number of rotatable bonds is 4. The van der Waals surface area contributed by atoms with Crippen molar-refractivity contribution in [3.05, 3.63) is 45.7 Å². The summed E-state index contributed by atoms with van der Waals surface area (Å²) in [6, 6.07) is 5.59. The van der Waals surface area contributed by atoms with Crippen LogP contribution in [0.1, 0.15) is 44.0 Å². The Morgan fingerprint density at radius 2 is 2.04 bits per heavy atom. The fraction of sp³-hybridized carbons (Fsp3) is 0.278. The van der Waals surface area contributed by atoms with Gasteiger partial charge in [-0.05, 0) is 51.5 Å². The third kappa shape index (κ3) is 3.28. The van der Waals surface area contributed by atoms with Crippen LogP contribution in [0.15, 0.2) is 18.2 Å². The van der Waals surface area contributed by atoms with Crippen LogP contribution in [0.25, 0.3) is 10.2 Å². The highest BCUT2D eigenvalue weighted by molar-refractivity contribution is 7.18. The van der Waals surface area contributed by atoms with Crippen LogP contribution in [0.2, 0.25) is 0 Å². The Hall–Kier alpha value is -2.67. The minimum absolute atomic E-state index is 0.290. The maximum atomic E-state index is 12.6. The van der Waals surface area contributed by atoms with Gasteiger partial charge in [-0.3, -0.25) is 4.79 Å². The number of aromatic nitrogens is 2. The van der Waals surface area contributed by atoms with E-state index in [1.807, 2.05) is 25.1 Å². The maximum absolute atomic E-state index is 12.6. The lowest BCUT2D eigenvalue weighted by atomic mass is 10.1. The quantitative estimate of drug-likeness (QED) is 0.692. The lowest BCUT2D eigenvalue weighted by Gasteiger charge is -2.05. The number of nitrogens with one attached hydrogen (secondary N) is 2. The highest BCUT2D eigenvalue weighted by atomic mass is 32.1. The van der Waals surface area contributed by atoms with Crippen LogP contribution < -0.4 is 5.32 Å². The second-order valence-corrected chi connectivity index (χ2v) is 6.95. The fourth-order valence-corrected chi connectivity index (χ4v) is 3.66. The molecule has 7 heteroatoms. The molecule has 0 saturated heterocycles. The maximum Gasteiger partial charge on any atom is 0.340 e. The number of benzene rings is 1. The summed E-state index contributed by atoms with van der Waals surface area (Å²) < 4.78 is 6.07. The van der Waals surface area contributed by atoms with E-state index in [0.29, 0.717) is 34.8 Å². The highest BCUT2D eigenvalue weighted by Crippen LogP contribution is 2.26. The van der Waals surface area contributed by atoms with Crippen molar-refractivity contribution in [2.45, 2.75) is 27.7 Å². The van der Waals surface area contributed by atoms with Gasteiger partial charge in [0.1, 0.15) is 5.69 Å². The molecule has 0 spiro atoms. The number of H-pyrrole nitrogens is 1. The Balaban J connectivity index is 1.87. The van der Waals surface area contributed by atoms with E-state index < -0.39 is 5.97 Å². The van der Waals surface area contributed by atoms with Crippen molar-refractivity contribution in [3.8, 4) is 0 Å². The van der Waals surface area contributed by atoms with Crippen molar-refractivity contribution in [2.75, 3.05) is 11.9 Å². The number of hydrogen-bond acceptors (Lipinski definition) is 5. The van der Waals surface area contributed by atoms with E-state index in [-0.39, 0.29) is 5.91 Å². The number of fused-ring (bicyclic) bond motifs is 1. The zero-order valence-electron chi connectivity index (χ0n) is 14.5. The van der Waals surface area contributed by atoms with Gasteiger partial charge < -0.3 is 15.0 Å². The van der Waals surface area contributed by atoms with Gasteiger partial charge in [0, 0.05) is 11.4 Å². The van der Waals surface area contributed by atoms with Crippen molar-refractivity contribution in [1.82, 2.24) is 9.97 Å². The Morgan fingerprint density at radius 3 is 2.76 bits per heavy atom. The largest absolute Gasteiger partial charge is 0.462 e. The monoisotopic (exact) mass is 357 g/mol. The number of nitrogens with zero attached hydrogens (tertiary/aromatic N) is 1. The Kier molecular flexibility index (Phi) is 4.59. The van der Waals surface area contributed by atoms with Gasteiger partial charge >= 0.3 is 5.97 Å². The Labute approximate surface area is 149 Å². The topological polar surface area (TPSA) is 84.1 Å². The van der Waals surface area contributed by atoms with Crippen molar-refractivity contribution in [3.63, 3.8) is 0 Å². The molecular weight excluding hydrogens is 338 g/mol. The van der Waals surface area contributed by atoms with E-state index in [1.54, 1.807) is 32.1 Å². The lowest BCUT2D eigenvalue weighted by molar-refractivity contribution is 0.0525. The molecule has 1 aromatic carbocycles. The van der Waals surface area contributed by atoms with Crippen LogP contribution in [0.4, 0.5) is 5.69 Å². The minimum atomic E-state index is -0.422. The number of aromatic amines is 1. The van der Waals surface area contributed by atoms with Crippen LogP contribution in [-0.2, 0) is 4.74 Å². The molecule has 0 bridgehead atoms. The van der Waals surface area contributed by atoms with Crippen molar-refractivity contribution >= 4 is 39.1 Å². The van der Waals surface area contributed by atoms with Crippen LogP contribution in [0.5, 0.6) is 0 Å². The zero-order valence-corrected chi connectivity index (χ0v) is 15.3. The van der Waals surface area contributed by atoms with Gasteiger partial charge in [-0.25, -0.2) is 9.78 Å². The molecular formula is C18H19N3O3S. The Morgan fingerprint density at radius 1 is 1.28 bits per heavy atom. The number of aryl methyl sites for hydroxylation is 2. The lowest BCUT2D eigenvalue weighted by Crippen LogP contribution is -2.14. The normalized spacial score (nSPS) is 10.9. The van der Waals surface area contributed by atoms with Crippen molar-refractivity contribution < 1.29 is 14.3 Å². The molecule has 2 heterocycles. The predicted octanol–water partition coefficient (Wildman–Crippen LogP) is 3.98. The molecule has 2 N–H and O–H groups in total. The number of anilines is 1. The summed E-state index contributed by atoms with van der Waals surface area (Å²) in [4.78, 5) is 32.1. The summed E-state index contributed by atoms with van der Waals surface area (Å²) >= 11 is 1.58. The summed E-state index contributed by atoms with van der Waals surface area (Å²) in [5, 5.41) is 3.85. The summed E-state index contributed by atoms with van der Waals surface area (Å²) in [6.45, 7) is 7.48. The van der Waals surface area contributed by atoms with E-state index in [4.69, 9.17) is 4.74 Å². The van der Waals surface area contributed by atoms with Crippen molar-refractivity contribution in [2.24, 2.45) is 0 Å². The van der Waals surface area contributed by atoms with E-state index in [1.165, 1.54) is 0 Å². The number of hydrogen-bond donors (Lipinski definition) is 2. The minimum Gasteiger partial charge on any atom is -0.462 e. The molecule has 0 unspecified atom stereocenters. The summed E-state index contributed by atoms with van der Waals surface area (Å²) in [7, 11) is 0. The molecule has 0 atom stereocenters. The van der Waals surface area contributed by atoms with E-state index in [2.05, 4.69) is 15.3 Å². The predicted molar refractivity (Wildman–Crippen MR) is 98.5 cm³/mol. The van der Waals surface area contributed by atoms with Gasteiger partial charge in [0.2, 0.25) is 0 Å². The molecule has 130 valence electrons. The van der Waals surface area contributed by atoms with E-state index in [9.17, 15) is 9.59 Å². The average Bonchev–Trinajstić information content (AvgIpc) is 3.05. The molecule has 1 amide bonds. The molecule has 6 nitrogen and oxygen atoms in total. The van der Waals surface area contributed by atoms with Crippen LogP contribution >= 0.6 is 11.3 Å². The third-order valence-electron chi connectivity index (χ3n) is 3.90. The summed E-state index contributed by atoms with van der Waals surface area (Å²) in [5.74, 6) is -0.717. The van der Waals surface area contributed by atoms with E-state index >= 15 is 0 Å². The molecule has 2 aromatic heterocycles. The molecule has 0 fully saturated rings. The second kappa shape index (κ2) is 6.68. The van der Waals surface area contributed by atoms with Gasteiger partial charge in [0.25, 0.3) is 5.91 Å². The molecule has 3 aromatic rings. The van der Waals surface area contributed by atoms with Gasteiger partial charge in [-0.15, -0.1) is 11.3 Å². The average molecular weight is 357 g/mol. The van der Waals surface area contributed by atoms with Gasteiger partial charge in [0.15, 0.2) is 0 Å². The first kappa shape index (κ1) is 17.2. The first-order chi connectivity index (χ1) is 11.9. The first-order valence-electron chi connectivity index (χ1n) is 7.95. The molecule has 0 aliphatic heterocycles. The van der Waals surface area contributed by atoms with E-state index in [0.717, 1.165) is 15.2 Å². The number of esters is 1. The smallest absolute Gasteiger partial charge is 0.340 e. The van der Waals surface area contributed by atoms with Gasteiger partial charge in [0.05, 0.1) is 27.4 Å². The SMILES string of the molecule is CCOC(=O)c1c(C)[nH]c(C(=O)Nc2ccc3nc(C)sc3c2)c1C. The number of carbonyl (C=O) groups is 2. The molecule has 0 aliphatic rings. The molecule has 0 saturated carbocycles. The highest BCUT2D eigenvalue weighted by Gasteiger charge is 2.23. The van der Waals surface area contributed by atoms with Crippen LogP contribution in [-0.4, -0.2) is 28.5 Å². The molecule has 0 aliphatic carbocycles. The molecule has 0 radical (unpaired) electrons. The van der Waals surface area contributed by atoms with Crippen molar-refractivity contribution in [1.29, 1.82) is 0 Å². The summed E-state index contributed by atoms with van der Waals surface area (Å²) in [5.41, 5.74) is 3.59. The third-order valence-corrected chi connectivity index (χ3v) is 4.83. The summed E-state index contributed by atoms with van der Waals surface area (Å²) in [6.07, 6.45) is 0. The fourth-order valence-electron chi connectivity index (χ4n) is 2.80. The number of ether oxygens (including phenoxy) is 1. The molecule has 3 rings (SSSR count). The number of amides is 1.